The smallest absolute Gasteiger partial charge is 0.302 e. The molecule has 3 amide bonds. The van der Waals surface area contributed by atoms with Crippen molar-refractivity contribution in [1.29, 1.82) is 0 Å². The first kappa shape index (κ1) is 14.0. The molecule has 0 aliphatic carbocycles. The van der Waals surface area contributed by atoms with Gasteiger partial charge in [-0.1, -0.05) is 60.7 Å². The van der Waals surface area contributed by atoms with E-state index in [9.17, 15) is 14.4 Å². The molecule has 2 aromatic rings. The quantitative estimate of drug-likeness (QED) is 0.534. The van der Waals surface area contributed by atoms with E-state index in [1.807, 2.05) is 0 Å². The van der Waals surface area contributed by atoms with E-state index >= 15 is 0 Å². The van der Waals surface area contributed by atoms with Crippen LogP contribution in [0.2, 0.25) is 0 Å². The monoisotopic (exact) mass is 294 g/mol. The Morgan fingerprint density at radius 3 is 2.00 bits per heavy atom. The Bertz CT molecular complexity index is 743. The molecule has 1 unspecified atom stereocenters. The van der Waals surface area contributed by atoms with Crippen LogP contribution in [-0.4, -0.2) is 29.7 Å². The van der Waals surface area contributed by atoms with Crippen molar-refractivity contribution in [2.24, 2.45) is 0 Å². The molecule has 1 atom stereocenters. The van der Waals surface area contributed by atoms with Crippen LogP contribution in [0.3, 0.4) is 0 Å². The number of carbonyl (C=O) groups excluding carboxylic acids is 3. The molecule has 0 radical (unpaired) electrons. The molecule has 1 N–H and O–H groups in total. The highest BCUT2D eigenvalue weighted by Gasteiger charge is 2.58. The van der Waals surface area contributed by atoms with Gasteiger partial charge in [0.25, 0.3) is 5.91 Å². The third-order valence-corrected chi connectivity index (χ3v) is 3.91. The molecular weight excluding hydrogens is 280 g/mol. The highest BCUT2D eigenvalue weighted by Crippen LogP contribution is 2.35. The van der Waals surface area contributed by atoms with Gasteiger partial charge >= 0.3 is 6.03 Å². The van der Waals surface area contributed by atoms with E-state index in [1.54, 1.807) is 60.7 Å². The molecule has 3 rings (SSSR count). The maximum Gasteiger partial charge on any atom is 0.325 e. The third-order valence-electron chi connectivity index (χ3n) is 3.91. The van der Waals surface area contributed by atoms with Crippen LogP contribution in [0.1, 0.15) is 15.9 Å². The molecule has 5 heteroatoms. The number of likely N-dealkylation sites (N-methyl/N-ethyl adjacent to an activating group) is 1. The van der Waals surface area contributed by atoms with Gasteiger partial charge in [0.15, 0.2) is 0 Å². The van der Waals surface area contributed by atoms with Gasteiger partial charge in [-0.15, -0.1) is 0 Å². The molecule has 1 aliphatic heterocycles. The summed E-state index contributed by atoms with van der Waals surface area (Å²) in [6.07, 6.45) is 0. The van der Waals surface area contributed by atoms with Crippen molar-refractivity contribution >= 4 is 17.7 Å². The number of nitrogens with zero attached hydrogens (tertiary/aromatic N) is 1. The van der Waals surface area contributed by atoms with E-state index in [1.165, 1.54) is 11.9 Å². The fourth-order valence-corrected chi connectivity index (χ4v) is 2.77. The number of imide groups is 1. The van der Waals surface area contributed by atoms with E-state index in [0.717, 1.165) is 0 Å². The lowest BCUT2D eigenvalue weighted by atomic mass is 9.81. The van der Waals surface area contributed by atoms with Gasteiger partial charge in [0.05, 0.1) is 0 Å². The Morgan fingerprint density at radius 2 is 1.50 bits per heavy atom. The number of urea groups is 1. The molecule has 2 aromatic carbocycles. The van der Waals surface area contributed by atoms with Gasteiger partial charge in [-0.2, -0.15) is 0 Å². The van der Waals surface area contributed by atoms with E-state index in [-0.39, 0.29) is 0 Å². The van der Waals surface area contributed by atoms with Crippen LogP contribution in [0.25, 0.3) is 0 Å². The van der Waals surface area contributed by atoms with Crippen molar-refractivity contribution in [1.82, 2.24) is 10.2 Å². The number of hydrogen-bond acceptors (Lipinski definition) is 3. The normalized spacial score (nSPS) is 20.9. The Morgan fingerprint density at radius 1 is 0.955 bits per heavy atom. The first-order valence-corrected chi connectivity index (χ1v) is 6.83. The first-order chi connectivity index (χ1) is 10.6. The standard InChI is InChI=1S/C17H14N2O3/c1-19-16(22)18-15(21)17(19,13-10-6-3-7-11-13)14(20)12-8-4-2-5-9-12/h2-11H,1H3,(H,18,21,22). The second kappa shape index (κ2) is 5.11. The van der Waals surface area contributed by atoms with Gasteiger partial charge in [-0.3, -0.25) is 14.9 Å². The zero-order chi connectivity index (χ0) is 15.7. The molecule has 1 aliphatic rings. The van der Waals surface area contributed by atoms with Crippen molar-refractivity contribution in [3.8, 4) is 0 Å². The van der Waals surface area contributed by atoms with Crippen LogP contribution >= 0.6 is 0 Å². The number of rotatable bonds is 3. The lowest BCUT2D eigenvalue weighted by molar-refractivity contribution is -0.124. The molecule has 110 valence electrons. The summed E-state index contributed by atoms with van der Waals surface area (Å²) in [6, 6.07) is 16.5. The summed E-state index contributed by atoms with van der Waals surface area (Å²) >= 11 is 0. The average Bonchev–Trinajstić information content (AvgIpc) is 2.79. The Hall–Kier alpha value is -2.95. The fourth-order valence-electron chi connectivity index (χ4n) is 2.77. The van der Waals surface area contributed by atoms with E-state index in [0.29, 0.717) is 11.1 Å². The van der Waals surface area contributed by atoms with E-state index < -0.39 is 23.3 Å². The van der Waals surface area contributed by atoms with Gasteiger partial charge in [-0.05, 0) is 5.56 Å². The van der Waals surface area contributed by atoms with E-state index in [4.69, 9.17) is 0 Å². The number of ketones is 1. The van der Waals surface area contributed by atoms with Gasteiger partial charge in [0.1, 0.15) is 0 Å². The second-order valence-electron chi connectivity index (χ2n) is 5.09. The van der Waals surface area contributed by atoms with Crippen LogP contribution in [-0.2, 0) is 10.3 Å². The predicted octanol–water partition coefficient (Wildman–Crippen LogP) is 1.95. The maximum atomic E-state index is 13.1. The molecule has 0 spiro atoms. The molecule has 22 heavy (non-hydrogen) atoms. The van der Waals surface area contributed by atoms with Crippen molar-refractivity contribution in [2.75, 3.05) is 7.05 Å². The minimum absolute atomic E-state index is 0.378. The predicted molar refractivity (Wildman–Crippen MR) is 80.2 cm³/mol. The topological polar surface area (TPSA) is 66.5 Å². The van der Waals surface area contributed by atoms with Gasteiger partial charge in [0, 0.05) is 12.6 Å². The van der Waals surface area contributed by atoms with Crippen molar-refractivity contribution < 1.29 is 14.4 Å². The minimum Gasteiger partial charge on any atom is -0.302 e. The number of Topliss-reactive ketones (excluding diaryl/α,β-unsaturated/α-hetero) is 1. The molecule has 0 saturated carbocycles. The van der Waals surface area contributed by atoms with Crippen LogP contribution in [0.4, 0.5) is 4.79 Å². The van der Waals surface area contributed by atoms with Crippen LogP contribution < -0.4 is 5.32 Å². The first-order valence-electron chi connectivity index (χ1n) is 6.83. The number of hydrogen-bond donors (Lipinski definition) is 1. The fraction of sp³-hybridized carbons (Fsp3) is 0.118. The Balaban J connectivity index is 2.23. The van der Waals surface area contributed by atoms with Crippen molar-refractivity contribution in [3.63, 3.8) is 0 Å². The molecule has 1 fully saturated rings. The molecular formula is C17H14N2O3. The molecule has 1 saturated heterocycles. The van der Waals surface area contributed by atoms with E-state index in [2.05, 4.69) is 5.32 Å². The number of amides is 3. The number of carbonyl (C=O) groups is 3. The molecule has 5 nitrogen and oxygen atoms in total. The lowest BCUT2D eigenvalue weighted by Crippen LogP contribution is -2.51. The summed E-state index contributed by atoms with van der Waals surface area (Å²) in [5.74, 6) is -1.05. The Kier molecular flexibility index (Phi) is 3.25. The van der Waals surface area contributed by atoms with Crippen molar-refractivity contribution in [2.45, 2.75) is 5.54 Å². The summed E-state index contributed by atoms with van der Waals surface area (Å²) in [5, 5.41) is 2.23. The maximum absolute atomic E-state index is 13.1. The lowest BCUT2D eigenvalue weighted by Gasteiger charge is -2.31. The summed E-state index contributed by atoms with van der Waals surface area (Å²) in [6.45, 7) is 0. The van der Waals surface area contributed by atoms with Gasteiger partial charge < -0.3 is 4.90 Å². The Labute approximate surface area is 127 Å². The minimum atomic E-state index is -1.67. The molecule has 1 heterocycles. The number of nitrogens with one attached hydrogen (secondary N) is 1. The van der Waals surface area contributed by atoms with Crippen LogP contribution in [0, 0.1) is 0 Å². The zero-order valence-electron chi connectivity index (χ0n) is 11.9. The summed E-state index contributed by atoms with van der Waals surface area (Å²) in [5.41, 5.74) is -0.822. The van der Waals surface area contributed by atoms with Crippen LogP contribution in [0.15, 0.2) is 60.7 Å². The molecule has 0 bridgehead atoms. The second-order valence-corrected chi connectivity index (χ2v) is 5.09. The van der Waals surface area contributed by atoms with Crippen LogP contribution in [0.5, 0.6) is 0 Å². The molecule has 0 aromatic heterocycles. The largest absolute Gasteiger partial charge is 0.325 e. The average molecular weight is 294 g/mol. The summed E-state index contributed by atoms with van der Waals surface area (Å²) in [4.78, 5) is 38.7. The highest BCUT2D eigenvalue weighted by molar-refractivity contribution is 6.25. The number of benzene rings is 2. The zero-order valence-corrected chi connectivity index (χ0v) is 11.9. The summed E-state index contributed by atoms with van der Waals surface area (Å²) < 4.78 is 0. The SMILES string of the molecule is CN1C(=O)NC(=O)C1(C(=O)c1ccccc1)c1ccccc1. The van der Waals surface area contributed by atoms with Crippen molar-refractivity contribution in [3.05, 3.63) is 71.8 Å². The summed E-state index contributed by atoms with van der Waals surface area (Å²) in [7, 11) is 1.45. The van der Waals surface area contributed by atoms with Gasteiger partial charge in [-0.25, -0.2) is 4.79 Å². The highest BCUT2D eigenvalue weighted by atomic mass is 16.2. The third kappa shape index (κ3) is 1.83. The van der Waals surface area contributed by atoms with Gasteiger partial charge in [0.2, 0.25) is 11.3 Å².